The number of rotatable bonds is 8. The summed E-state index contributed by atoms with van der Waals surface area (Å²) >= 11 is 3.38. The summed E-state index contributed by atoms with van der Waals surface area (Å²) in [5.74, 6) is -0.000504. The van der Waals surface area contributed by atoms with E-state index >= 15 is 0 Å². The molecule has 0 spiro atoms. The van der Waals surface area contributed by atoms with E-state index in [0.717, 1.165) is 19.9 Å². The molecule has 3 aromatic rings. The third-order valence-electron chi connectivity index (χ3n) is 4.82. The fraction of sp³-hybridized carbons (Fsp3) is 0.167. The van der Waals surface area contributed by atoms with Crippen LogP contribution in [0.2, 0.25) is 0 Å². The lowest BCUT2D eigenvalue weighted by Crippen LogP contribution is -2.40. The van der Waals surface area contributed by atoms with Crippen LogP contribution in [0.3, 0.4) is 0 Å². The zero-order valence-corrected chi connectivity index (χ0v) is 20.9. The number of aryl methyl sites for hydroxylation is 2. The Kier molecular flexibility index (Phi) is 7.88. The standard InChI is InChI=1S/C24H24BrN3O4S/c1-17-9-11-22(18(2)13-17)28(33(30,31)21-7-5-4-6-8-21)16-24(29)27-26-15-19-14-20(25)10-12-23(19)32-3/h4-15H,16H2,1-3H3,(H,27,29)/b26-15-. The normalized spacial score (nSPS) is 11.4. The summed E-state index contributed by atoms with van der Waals surface area (Å²) in [6.45, 7) is 3.30. The number of carbonyl (C=O) groups is 1. The van der Waals surface area contributed by atoms with Gasteiger partial charge in [-0.05, 0) is 55.8 Å². The molecule has 0 heterocycles. The van der Waals surface area contributed by atoms with E-state index in [1.165, 1.54) is 25.5 Å². The number of halogens is 1. The van der Waals surface area contributed by atoms with Crippen molar-refractivity contribution < 1.29 is 17.9 Å². The lowest BCUT2D eigenvalue weighted by atomic mass is 10.1. The number of hydrogen-bond donors (Lipinski definition) is 1. The minimum Gasteiger partial charge on any atom is -0.496 e. The summed E-state index contributed by atoms with van der Waals surface area (Å²) < 4.78 is 34.0. The molecule has 0 unspecified atom stereocenters. The highest BCUT2D eigenvalue weighted by atomic mass is 79.9. The molecule has 0 aliphatic heterocycles. The molecule has 1 N–H and O–H groups in total. The lowest BCUT2D eigenvalue weighted by Gasteiger charge is -2.25. The van der Waals surface area contributed by atoms with E-state index in [0.29, 0.717) is 17.0 Å². The van der Waals surface area contributed by atoms with Crippen LogP contribution < -0.4 is 14.5 Å². The number of hydrogen-bond acceptors (Lipinski definition) is 5. The van der Waals surface area contributed by atoms with Gasteiger partial charge in [-0.15, -0.1) is 0 Å². The van der Waals surface area contributed by atoms with Gasteiger partial charge in [0.25, 0.3) is 15.9 Å². The Hall–Kier alpha value is -3.17. The summed E-state index contributed by atoms with van der Waals surface area (Å²) in [5, 5.41) is 3.98. The molecular weight excluding hydrogens is 506 g/mol. The number of methoxy groups -OCH3 is 1. The number of benzene rings is 3. The van der Waals surface area contributed by atoms with Crippen molar-refractivity contribution in [2.24, 2.45) is 5.10 Å². The van der Waals surface area contributed by atoms with Crippen LogP contribution in [0, 0.1) is 13.8 Å². The van der Waals surface area contributed by atoms with Crippen molar-refractivity contribution in [1.29, 1.82) is 0 Å². The van der Waals surface area contributed by atoms with E-state index in [2.05, 4.69) is 26.5 Å². The van der Waals surface area contributed by atoms with Crippen LogP contribution in [0.1, 0.15) is 16.7 Å². The van der Waals surface area contributed by atoms with Gasteiger partial charge in [0, 0.05) is 10.0 Å². The molecule has 33 heavy (non-hydrogen) atoms. The van der Waals surface area contributed by atoms with Gasteiger partial charge in [0.05, 0.1) is 23.9 Å². The Morgan fingerprint density at radius 1 is 1.09 bits per heavy atom. The first-order valence-electron chi connectivity index (χ1n) is 10.0. The number of amides is 1. The van der Waals surface area contributed by atoms with Gasteiger partial charge >= 0.3 is 0 Å². The van der Waals surface area contributed by atoms with Crippen molar-refractivity contribution in [3.8, 4) is 5.75 Å². The topological polar surface area (TPSA) is 88.1 Å². The molecule has 0 bridgehead atoms. The molecule has 0 saturated heterocycles. The van der Waals surface area contributed by atoms with Gasteiger partial charge in [0.2, 0.25) is 0 Å². The van der Waals surface area contributed by atoms with E-state index in [4.69, 9.17) is 4.74 Å². The molecule has 3 aromatic carbocycles. The van der Waals surface area contributed by atoms with E-state index < -0.39 is 22.5 Å². The minimum absolute atomic E-state index is 0.0974. The van der Waals surface area contributed by atoms with Crippen molar-refractivity contribution in [3.63, 3.8) is 0 Å². The zero-order valence-electron chi connectivity index (χ0n) is 18.4. The minimum atomic E-state index is -3.98. The predicted molar refractivity (Wildman–Crippen MR) is 133 cm³/mol. The molecule has 0 aliphatic rings. The monoisotopic (exact) mass is 529 g/mol. The van der Waals surface area contributed by atoms with Crippen molar-refractivity contribution in [1.82, 2.24) is 5.43 Å². The third kappa shape index (κ3) is 6.00. The van der Waals surface area contributed by atoms with E-state index in [-0.39, 0.29) is 4.90 Å². The van der Waals surface area contributed by atoms with Crippen LogP contribution >= 0.6 is 15.9 Å². The molecule has 3 rings (SSSR count). The quantitative estimate of drug-likeness (QED) is 0.345. The third-order valence-corrected chi connectivity index (χ3v) is 7.09. The molecule has 1 amide bonds. The maximum Gasteiger partial charge on any atom is 0.264 e. The highest BCUT2D eigenvalue weighted by Crippen LogP contribution is 2.27. The average Bonchev–Trinajstić information content (AvgIpc) is 2.78. The van der Waals surface area contributed by atoms with Crippen molar-refractivity contribution in [2.75, 3.05) is 18.0 Å². The summed E-state index contributed by atoms with van der Waals surface area (Å²) in [5.41, 5.74) is 5.22. The Bertz CT molecular complexity index is 1280. The molecule has 7 nitrogen and oxygen atoms in total. The van der Waals surface area contributed by atoms with Crippen molar-refractivity contribution in [3.05, 3.63) is 87.9 Å². The Morgan fingerprint density at radius 3 is 2.48 bits per heavy atom. The van der Waals surface area contributed by atoms with Gasteiger partial charge in [0.1, 0.15) is 12.3 Å². The van der Waals surface area contributed by atoms with Crippen LogP contribution in [0.25, 0.3) is 0 Å². The zero-order chi connectivity index (χ0) is 24.0. The molecule has 9 heteroatoms. The fourth-order valence-electron chi connectivity index (χ4n) is 3.25. The van der Waals surface area contributed by atoms with Crippen LogP contribution in [0.15, 0.2) is 81.2 Å². The van der Waals surface area contributed by atoms with Gasteiger partial charge in [-0.25, -0.2) is 13.8 Å². The molecule has 0 aromatic heterocycles. The second kappa shape index (κ2) is 10.6. The van der Waals surface area contributed by atoms with Crippen molar-refractivity contribution >= 4 is 43.8 Å². The molecule has 0 aliphatic carbocycles. The smallest absolute Gasteiger partial charge is 0.264 e. The molecule has 0 fully saturated rings. The Morgan fingerprint density at radius 2 is 1.82 bits per heavy atom. The SMILES string of the molecule is COc1ccc(Br)cc1/C=N\NC(=O)CN(c1ccc(C)cc1C)S(=O)(=O)c1ccccc1. The maximum atomic E-state index is 13.4. The average molecular weight is 530 g/mol. The van der Waals surface area contributed by atoms with Gasteiger partial charge in [-0.2, -0.15) is 5.10 Å². The summed E-state index contributed by atoms with van der Waals surface area (Å²) in [4.78, 5) is 12.8. The highest BCUT2D eigenvalue weighted by molar-refractivity contribution is 9.10. The first-order chi connectivity index (χ1) is 15.7. The number of anilines is 1. The van der Waals surface area contributed by atoms with Gasteiger partial charge < -0.3 is 4.74 Å². The number of sulfonamides is 1. The fourth-order valence-corrected chi connectivity index (χ4v) is 5.14. The van der Waals surface area contributed by atoms with Crippen molar-refractivity contribution in [2.45, 2.75) is 18.7 Å². The molecular formula is C24H24BrN3O4S. The second-order valence-corrected chi connectivity index (χ2v) is 10.1. The number of ether oxygens (including phenoxy) is 1. The lowest BCUT2D eigenvalue weighted by molar-refractivity contribution is -0.119. The highest BCUT2D eigenvalue weighted by Gasteiger charge is 2.28. The molecule has 172 valence electrons. The number of carbonyl (C=O) groups excluding carboxylic acids is 1. The number of nitrogens with zero attached hydrogens (tertiary/aromatic N) is 2. The maximum absolute atomic E-state index is 13.4. The number of hydrazone groups is 1. The number of nitrogens with one attached hydrogen (secondary N) is 1. The summed E-state index contributed by atoms with van der Waals surface area (Å²) in [7, 11) is -2.45. The van der Waals surface area contributed by atoms with Gasteiger partial charge in [-0.1, -0.05) is 51.8 Å². The van der Waals surface area contributed by atoms with Gasteiger partial charge in [-0.3, -0.25) is 9.10 Å². The van der Waals surface area contributed by atoms with Crippen LogP contribution in [-0.4, -0.2) is 34.2 Å². The molecule has 0 atom stereocenters. The molecule has 0 saturated carbocycles. The Balaban J connectivity index is 1.88. The second-order valence-electron chi connectivity index (χ2n) is 7.29. The van der Waals surface area contributed by atoms with E-state index in [1.54, 1.807) is 36.4 Å². The summed E-state index contributed by atoms with van der Waals surface area (Å²) in [6, 6.07) is 18.8. The summed E-state index contributed by atoms with van der Waals surface area (Å²) in [6.07, 6.45) is 1.44. The van der Waals surface area contributed by atoms with Crippen LogP contribution in [0.5, 0.6) is 5.75 Å². The van der Waals surface area contributed by atoms with E-state index in [9.17, 15) is 13.2 Å². The largest absolute Gasteiger partial charge is 0.496 e. The first-order valence-corrected chi connectivity index (χ1v) is 12.3. The van der Waals surface area contributed by atoms with Crippen LogP contribution in [-0.2, 0) is 14.8 Å². The molecule has 0 radical (unpaired) electrons. The van der Waals surface area contributed by atoms with Gasteiger partial charge in [0.15, 0.2) is 0 Å². The predicted octanol–water partition coefficient (Wildman–Crippen LogP) is 4.42. The van der Waals surface area contributed by atoms with E-state index in [1.807, 2.05) is 32.0 Å². The first kappa shape index (κ1) is 24.5. The van der Waals surface area contributed by atoms with Crippen LogP contribution in [0.4, 0.5) is 5.69 Å². The Labute approximate surface area is 202 Å².